The van der Waals surface area contributed by atoms with Crippen molar-refractivity contribution in [1.82, 2.24) is 0 Å². The highest BCUT2D eigenvalue weighted by Crippen LogP contribution is 2.50. The van der Waals surface area contributed by atoms with Gasteiger partial charge >= 0.3 is 0 Å². The first-order chi connectivity index (χ1) is 6.52. The standard InChI is InChI=1S/C12H22OS/c1-11(2,3)10-5-4-6-12(9-10)13-7-8-14-12/h10H,4-9H2,1-3H3. The lowest BCUT2D eigenvalue weighted by Crippen LogP contribution is -2.36. The van der Waals surface area contributed by atoms with Gasteiger partial charge in [-0.3, -0.25) is 0 Å². The Morgan fingerprint density at radius 3 is 2.71 bits per heavy atom. The minimum absolute atomic E-state index is 0.218. The summed E-state index contributed by atoms with van der Waals surface area (Å²) in [6.45, 7) is 8.09. The van der Waals surface area contributed by atoms with E-state index in [1.165, 1.54) is 31.4 Å². The zero-order chi connectivity index (χ0) is 10.2. The smallest absolute Gasteiger partial charge is 0.114 e. The molecule has 0 aromatic carbocycles. The molecule has 1 heterocycles. The quantitative estimate of drug-likeness (QED) is 0.608. The maximum Gasteiger partial charge on any atom is 0.114 e. The monoisotopic (exact) mass is 214 g/mol. The van der Waals surface area contributed by atoms with Crippen molar-refractivity contribution in [3.05, 3.63) is 0 Å². The molecule has 0 aromatic rings. The van der Waals surface area contributed by atoms with Crippen molar-refractivity contribution >= 4 is 11.8 Å². The molecule has 2 unspecified atom stereocenters. The van der Waals surface area contributed by atoms with Gasteiger partial charge in [0.2, 0.25) is 0 Å². The van der Waals surface area contributed by atoms with Crippen LogP contribution in [0.5, 0.6) is 0 Å². The molecule has 0 radical (unpaired) electrons. The molecule has 2 fully saturated rings. The van der Waals surface area contributed by atoms with Crippen molar-refractivity contribution in [1.29, 1.82) is 0 Å². The van der Waals surface area contributed by atoms with Gasteiger partial charge in [0.25, 0.3) is 0 Å². The van der Waals surface area contributed by atoms with Crippen molar-refractivity contribution in [3.63, 3.8) is 0 Å². The van der Waals surface area contributed by atoms with Gasteiger partial charge in [-0.25, -0.2) is 0 Å². The van der Waals surface area contributed by atoms with E-state index in [9.17, 15) is 0 Å². The Hall–Kier alpha value is 0.310. The highest BCUT2D eigenvalue weighted by Gasteiger charge is 2.43. The van der Waals surface area contributed by atoms with E-state index in [2.05, 4.69) is 32.5 Å². The molecule has 1 aliphatic heterocycles. The minimum Gasteiger partial charge on any atom is -0.363 e. The highest BCUT2D eigenvalue weighted by atomic mass is 32.2. The molecule has 1 aliphatic carbocycles. The third-order valence-corrected chi connectivity index (χ3v) is 5.09. The molecule has 2 aliphatic rings. The molecule has 1 nitrogen and oxygen atoms in total. The Kier molecular flexibility index (Phi) is 2.87. The Morgan fingerprint density at radius 2 is 2.14 bits per heavy atom. The van der Waals surface area contributed by atoms with E-state index in [0.717, 1.165) is 12.5 Å². The van der Waals surface area contributed by atoms with E-state index in [1.807, 2.05) is 0 Å². The van der Waals surface area contributed by atoms with Crippen LogP contribution in [0.15, 0.2) is 0 Å². The van der Waals surface area contributed by atoms with Gasteiger partial charge in [0, 0.05) is 5.75 Å². The third-order valence-electron chi connectivity index (χ3n) is 3.71. The van der Waals surface area contributed by atoms with Crippen LogP contribution < -0.4 is 0 Å². The molecular weight excluding hydrogens is 192 g/mol. The number of rotatable bonds is 0. The van der Waals surface area contributed by atoms with E-state index in [1.54, 1.807) is 0 Å². The van der Waals surface area contributed by atoms with Gasteiger partial charge < -0.3 is 4.74 Å². The summed E-state index contributed by atoms with van der Waals surface area (Å²) in [6, 6.07) is 0. The number of thioether (sulfide) groups is 1. The predicted octanol–water partition coefficient (Wildman–Crippen LogP) is 3.68. The normalized spacial score (nSPS) is 39.2. The fourth-order valence-electron chi connectivity index (χ4n) is 2.70. The summed E-state index contributed by atoms with van der Waals surface area (Å²) in [6.07, 6.45) is 5.32. The van der Waals surface area contributed by atoms with Crippen LogP contribution in [-0.4, -0.2) is 17.3 Å². The zero-order valence-corrected chi connectivity index (χ0v) is 10.5. The van der Waals surface area contributed by atoms with Crippen LogP contribution in [0.2, 0.25) is 0 Å². The van der Waals surface area contributed by atoms with E-state index in [-0.39, 0.29) is 4.93 Å². The molecule has 0 bridgehead atoms. The summed E-state index contributed by atoms with van der Waals surface area (Å²) in [7, 11) is 0. The highest BCUT2D eigenvalue weighted by molar-refractivity contribution is 8.00. The maximum atomic E-state index is 5.97. The zero-order valence-electron chi connectivity index (χ0n) is 9.64. The lowest BCUT2D eigenvalue weighted by molar-refractivity contribution is -0.0134. The second-order valence-corrected chi connectivity index (χ2v) is 7.21. The van der Waals surface area contributed by atoms with Crippen molar-refractivity contribution in [2.45, 2.75) is 51.4 Å². The van der Waals surface area contributed by atoms with Crippen molar-refractivity contribution in [2.24, 2.45) is 11.3 Å². The van der Waals surface area contributed by atoms with E-state index in [4.69, 9.17) is 4.74 Å². The number of ether oxygens (including phenoxy) is 1. The Bertz CT molecular complexity index is 201. The predicted molar refractivity (Wildman–Crippen MR) is 62.6 cm³/mol. The molecule has 2 atom stereocenters. The molecule has 1 saturated heterocycles. The molecular formula is C12H22OS. The van der Waals surface area contributed by atoms with Crippen LogP contribution >= 0.6 is 11.8 Å². The van der Waals surface area contributed by atoms with Gasteiger partial charge in [-0.2, -0.15) is 0 Å². The van der Waals surface area contributed by atoms with Gasteiger partial charge in [-0.1, -0.05) is 20.8 Å². The van der Waals surface area contributed by atoms with Crippen LogP contribution in [0.1, 0.15) is 46.5 Å². The van der Waals surface area contributed by atoms with Crippen LogP contribution in [0.25, 0.3) is 0 Å². The third kappa shape index (κ3) is 2.11. The van der Waals surface area contributed by atoms with Crippen LogP contribution in [0.3, 0.4) is 0 Å². The SMILES string of the molecule is CC(C)(C)C1CCCC2(C1)OCCS2. The largest absolute Gasteiger partial charge is 0.363 e. The summed E-state index contributed by atoms with van der Waals surface area (Å²) in [5.41, 5.74) is 0.458. The van der Waals surface area contributed by atoms with Crippen LogP contribution in [0, 0.1) is 11.3 Å². The molecule has 14 heavy (non-hydrogen) atoms. The topological polar surface area (TPSA) is 9.23 Å². The fraction of sp³-hybridized carbons (Fsp3) is 1.00. The number of hydrogen-bond acceptors (Lipinski definition) is 2. The fourth-order valence-corrected chi connectivity index (χ4v) is 4.01. The molecule has 2 heteroatoms. The van der Waals surface area contributed by atoms with Gasteiger partial charge in [0.1, 0.15) is 4.93 Å². The van der Waals surface area contributed by atoms with Gasteiger partial charge in [0.05, 0.1) is 6.61 Å². The first-order valence-corrected chi connectivity index (χ1v) is 6.78. The van der Waals surface area contributed by atoms with Crippen molar-refractivity contribution in [3.8, 4) is 0 Å². The lowest BCUT2D eigenvalue weighted by atomic mass is 9.71. The van der Waals surface area contributed by atoms with E-state index >= 15 is 0 Å². The van der Waals surface area contributed by atoms with Crippen molar-refractivity contribution < 1.29 is 4.74 Å². The van der Waals surface area contributed by atoms with Gasteiger partial charge in [-0.05, 0) is 37.0 Å². The Labute approximate surface area is 92.0 Å². The average Bonchev–Trinajstić information content (AvgIpc) is 2.52. The second-order valence-electron chi connectivity index (χ2n) is 5.77. The molecule has 0 aromatic heterocycles. The van der Waals surface area contributed by atoms with Gasteiger partial charge in [-0.15, -0.1) is 11.8 Å². The minimum atomic E-state index is 0.218. The first kappa shape index (κ1) is 10.8. The number of hydrogen-bond donors (Lipinski definition) is 0. The summed E-state index contributed by atoms with van der Waals surface area (Å²) in [5, 5.41) is 0. The summed E-state index contributed by atoms with van der Waals surface area (Å²) >= 11 is 2.06. The molecule has 1 saturated carbocycles. The molecule has 82 valence electrons. The second kappa shape index (κ2) is 3.71. The molecule has 1 spiro atoms. The van der Waals surface area contributed by atoms with Gasteiger partial charge in [0.15, 0.2) is 0 Å². The summed E-state index contributed by atoms with van der Waals surface area (Å²) in [4.78, 5) is 0.218. The molecule has 2 rings (SSSR count). The van der Waals surface area contributed by atoms with E-state index in [0.29, 0.717) is 5.41 Å². The first-order valence-electron chi connectivity index (χ1n) is 5.80. The average molecular weight is 214 g/mol. The molecule has 0 N–H and O–H groups in total. The lowest BCUT2D eigenvalue weighted by Gasteiger charge is -2.42. The Balaban J connectivity index is 2.03. The van der Waals surface area contributed by atoms with Crippen LogP contribution in [0.4, 0.5) is 0 Å². The summed E-state index contributed by atoms with van der Waals surface area (Å²) in [5.74, 6) is 2.05. The summed E-state index contributed by atoms with van der Waals surface area (Å²) < 4.78 is 5.97. The molecule has 0 amide bonds. The Morgan fingerprint density at radius 1 is 1.36 bits per heavy atom. The maximum absolute atomic E-state index is 5.97. The van der Waals surface area contributed by atoms with Crippen LogP contribution in [-0.2, 0) is 4.74 Å². The van der Waals surface area contributed by atoms with E-state index < -0.39 is 0 Å². The van der Waals surface area contributed by atoms with Crippen molar-refractivity contribution in [2.75, 3.05) is 12.4 Å².